The monoisotopic (exact) mass is 381 g/mol. The number of rotatable bonds is 3. The molecule has 3 heterocycles. The Morgan fingerprint density at radius 3 is 2.54 bits per heavy atom. The van der Waals surface area contributed by atoms with Crippen LogP contribution in [0.3, 0.4) is 0 Å². The van der Waals surface area contributed by atoms with Crippen molar-refractivity contribution in [3.05, 3.63) is 45.1 Å². The molecule has 0 unspecified atom stereocenters. The Balaban J connectivity index is 0.00000196. The van der Waals surface area contributed by atoms with E-state index in [9.17, 15) is 19.1 Å². The Morgan fingerprint density at radius 2 is 1.96 bits per heavy atom. The summed E-state index contributed by atoms with van der Waals surface area (Å²) in [4.78, 5) is 26.0. The molecule has 2 fully saturated rings. The molecule has 1 aliphatic heterocycles. The Bertz CT molecular complexity index is 934. The average molecular weight is 382 g/mol. The molecule has 2 aliphatic rings. The maximum atomic E-state index is 14.9. The second-order valence-corrected chi connectivity index (χ2v) is 6.80. The van der Waals surface area contributed by atoms with Crippen molar-refractivity contribution in [1.29, 1.82) is 0 Å². The Morgan fingerprint density at radius 1 is 1.31 bits per heavy atom. The number of hydrogen-bond acceptors (Lipinski definition) is 4. The zero-order valence-corrected chi connectivity index (χ0v) is 15.2. The van der Waals surface area contributed by atoms with Gasteiger partial charge in [0, 0.05) is 26.2 Å². The molecule has 2 aromatic heterocycles. The van der Waals surface area contributed by atoms with Crippen molar-refractivity contribution in [2.24, 2.45) is 0 Å². The number of pyridine rings is 2. The molecule has 1 aliphatic carbocycles. The van der Waals surface area contributed by atoms with E-state index in [2.05, 4.69) is 5.32 Å². The number of carboxylic acids is 1. The minimum absolute atomic E-state index is 0. The summed E-state index contributed by atoms with van der Waals surface area (Å²) >= 11 is 0. The van der Waals surface area contributed by atoms with Gasteiger partial charge in [0.2, 0.25) is 0 Å². The molecule has 140 valence electrons. The summed E-state index contributed by atoms with van der Waals surface area (Å²) in [5, 5.41) is 12.6. The molecular weight excluding hydrogens is 361 g/mol. The maximum absolute atomic E-state index is 14.9. The van der Waals surface area contributed by atoms with Gasteiger partial charge in [-0.1, -0.05) is 0 Å². The van der Waals surface area contributed by atoms with Crippen molar-refractivity contribution in [3.63, 3.8) is 0 Å². The van der Waals surface area contributed by atoms with E-state index in [1.165, 1.54) is 10.5 Å². The first-order chi connectivity index (χ1) is 12.0. The largest absolute Gasteiger partial charge is 0.477 e. The lowest BCUT2D eigenvalue weighted by atomic mass is 10.0. The van der Waals surface area contributed by atoms with E-state index in [0.717, 1.165) is 37.7 Å². The predicted octanol–water partition coefficient (Wildman–Crippen LogP) is 2.15. The van der Waals surface area contributed by atoms with E-state index in [4.69, 9.17) is 0 Å². The number of aromatic carboxylic acids is 1. The van der Waals surface area contributed by atoms with E-state index in [-0.39, 0.29) is 23.9 Å². The second kappa shape index (κ2) is 6.89. The fourth-order valence-corrected chi connectivity index (χ4v) is 3.78. The van der Waals surface area contributed by atoms with E-state index in [1.54, 1.807) is 0 Å². The lowest BCUT2D eigenvalue weighted by Crippen LogP contribution is -2.44. The van der Waals surface area contributed by atoms with E-state index in [1.807, 2.05) is 11.8 Å². The fourth-order valence-electron chi connectivity index (χ4n) is 3.78. The minimum Gasteiger partial charge on any atom is -0.477 e. The van der Waals surface area contributed by atoms with Crippen LogP contribution in [0.15, 0.2) is 17.1 Å². The Kier molecular flexibility index (Phi) is 4.94. The molecule has 0 bridgehead atoms. The van der Waals surface area contributed by atoms with Gasteiger partial charge in [0.1, 0.15) is 5.56 Å². The van der Waals surface area contributed by atoms with Gasteiger partial charge >= 0.3 is 5.97 Å². The highest BCUT2D eigenvalue weighted by molar-refractivity contribution is 5.89. The van der Waals surface area contributed by atoms with Gasteiger partial charge < -0.3 is 15.3 Å². The van der Waals surface area contributed by atoms with E-state index < -0.39 is 17.3 Å². The van der Waals surface area contributed by atoms with Crippen molar-refractivity contribution in [3.8, 4) is 0 Å². The molecule has 2 N–H and O–H groups in total. The number of carboxylic acid groups (broad SMARTS) is 1. The first-order valence-corrected chi connectivity index (χ1v) is 8.56. The number of piperazine rings is 1. The summed E-state index contributed by atoms with van der Waals surface area (Å²) < 4.78 is 16.0. The summed E-state index contributed by atoms with van der Waals surface area (Å²) in [6, 6.07) is 1.49. The van der Waals surface area contributed by atoms with Crippen LogP contribution in [0.1, 0.15) is 40.2 Å². The zero-order valence-electron chi connectivity index (χ0n) is 14.4. The fraction of sp³-hybridized carbons (Fsp3) is 0.444. The summed E-state index contributed by atoms with van der Waals surface area (Å²) in [5.41, 5.74) is 1.75. The van der Waals surface area contributed by atoms with Crippen molar-refractivity contribution in [2.75, 3.05) is 31.1 Å². The molecule has 1 saturated carbocycles. The van der Waals surface area contributed by atoms with Crippen LogP contribution >= 0.6 is 12.4 Å². The lowest BCUT2D eigenvalue weighted by Gasteiger charge is -2.31. The quantitative estimate of drug-likeness (QED) is 0.852. The summed E-state index contributed by atoms with van der Waals surface area (Å²) in [6.45, 7) is 4.78. The third kappa shape index (κ3) is 2.95. The number of hydrogen-bond donors (Lipinski definition) is 2. The van der Waals surface area contributed by atoms with Gasteiger partial charge in [-0.25, -0.2) is 9.18 Å². The van der Waals surface area contributed by atoms with Crippen LogP contribution in [0.4, 0.5) is 10.1 Å². The number of aromatic nitrogens is 1. The maximum Gasteiger partial charge on any atom is 0.341 e. The predicted molar refractivity (Wildman–Crippen MR) is 99.6 cm³/mol. The molecule has 0 aromatic carbocycles. The highest BCUT2D eigenvalue weighted by Gasteiger charge is 2.30. The highest BCUT2D eigenvalue weighted by atomic mass is 35.5. The number of nitrogens with one attached hydrogen (secondary N) is 1. The van der Waals surface area contributed by atoms with Gasteiger partial charge in [0.15, 0.2) is 5.82 Å². The van der Waals surface area contributed by atoms with Gasteiger partial charge in [0.25, 0.3) is 5.56 Å². The Hall–Kier alpha value is -2.12. The number of fused-ring (bicyclic) bond motifs is 1. The molecule has 2 aromatic rings. The van der Waals surface area contributed by atoms with Crippen LogP contribution in [-0.4, -0.2) is 41.7 Å². The van der Waals surface area contributed by atoms with Crippen LogP contribution in [0.5, 0.6) is 0 Å². The number of carbonyl (C=O) groups is 1. The topological polar surface area (TPSA) is 74.0 Å². The SMILES string of the molecule is Cc1c(N2CCNCC2)c(F)cn2c(=O)c(C(=O)O)cc(C3CC3)c12.Cl. The van der Waals surface area contributed by atoms with Crippen molar-refractivity contribution >= 4 is 29.6 Å². The van der Waals surface area contributed by atoms with Gasteiger partial charge in [-0.05, 0) is 42.9 Å². The van der Waals surface area contributed by atoms with Crippen LogP contribution in [0.25, 0.3) is 5.52 Å². The molecular formula is C18H21ClFN3O3. The molecule has 26 heavy (non-hydrogen) atoms. The van der Waals surface area contributed by atoms with Gasteiger partial charge in [-0.3, -0.25) is 9.20 Å². The number of halogens is 2. The summed E-state index contributed by atoms with van der Waals surface area (Å²) in [6.07, 6.45) is 3.08. The minimum atomic E-state index is -1.27. The zero-order chi connectivity index (χ0) is 17.7. The first kappa shape index (κ1) is 18.7. The van der Waals surface area contributed by atoms with Gasteiger partial charge in [-0.15, -0.1) is 12.4 Å². The van der Waals surface area contributed by atoms with Crippen molar-refractivity contribution in [2.45, 2.75) is 25.7 Å². The number of aryl methyl sites for hydroxylation is 1. The Labute approximate surface area is 156 Å². The van der Waals surface area contributed by atoms with Gasteiger partial charge in [-0.2, -0.15) is 0 Å². The normalized spacial score (nSPS) is 17.2. The van der Waals surface area contributed by atoms with Crippen LogP contribution in [0, 0.1) is 12.7 Å². The molecule has 6 nitrogen and oxygen atoms in total. The molecule has 0 atom stereocenters. The summed E-state index contributed by atoms with van der Waals surface area (Å²) in [5.74, 6) is -1.52. The smallest absolute Gasteiger partial charge is 0.341 e. The third-order valence-corrected chi connectivity index (χ3v) is 5.12. The second-order valence-electron chi connectivity index (χ2n) is 6.80. The summed E-state index contributed by atoms with van der Waals surface area (Å²) in [7, 11) is 0. The molecule has 8 heteroatoms. The first-order valence-electron chi connectivity index (χ1n) is 8.56. The molecule has 0 spiro atoms. The number of nitrogens with zero attached hydrogens (tertiary/aromatic N) is 2. The standard InChI is InChI=1S/C18H20FN3O3.ClH/c1-10-15-12(11-2-3-11)8-13(18(24)25)17(23)22(15)9-14(19)16(10)21-6-4-20-5-7-21;/h8-9,11,20H,2-7H2,1H3,(H,24,25);1H. The molecule has 1 saturated heterocycles. The lowest BCUT2D eigenvalue weighted by molar-refractivity contribution is 0.0694. The molecule has 0 amide bonds. The molecule has 4 rings (SSSR count). The van der Waals surface area contributed by atoms with Crippen LogP contribution in [-0.2, 0) is 0 Å². The van der Waals surface area contributed by atoms with Gasteiger partial charge in [0.05, 0.1) is 17.4 Å². The molecule has 0 radical (unpaired) electrons. The highest BCUT2D eigenvalue weighted by Crippen LogP contribution is 2.43. The number of anilines is 1. The van der Waals surface area contributed by atoms with E-state index >= 15 is 0 Å². The van der Waals surface area contributed by atoms with Crippen LogP contribution < -0.4 is 15.8 Å². The van der Waals surface area contributed by atoms with Crippen LogP contribution in [0.2, 0.25) is 0 Å². The third-order valence-electron chi connectivity index (χ3n) is 5.12. The van der Waals surface area contributed by atoms with Crippen molar-refractivity contribution < 1.29 is 14.3 Å². The average Bonchev–Trinajstić information content (AvgIpc) is 3.41. The van der Waals surface area contributed by atoms with Crippen molar-refractivity contribution in [1.82, 2.24) is 9.72 Å². The van der Waals surface area contributed by atoms with E-state index in [0.29, 0.717) is 29.9 Å².